The van der Waals surface area contributed by atoms with Crippen LogP contribution >= 0.6 is 0 Å². The van der Waals surface area contributed by atoms with E-state index in [9.17, 15) is 0 Å². The highest BCUT2D eigenvalue weighted by molar-refractivity contribution is 5.44. The summed E-state index contributed by atoms with van der Waals surface area (Å²) in [7, 11) is 0. The Morgan fingerprint density at radius 2 is 2.06 bits per heavy atom. The van der Waals surface area contributed by atoms with E-state index in [2.05, 4.69) is 15.2 Å². The van der Waals surface area contributed by atoms with Crippen LogP contribution in [0.15, 0.2) is 28.8 Å². The molecular weight excluding hydrogens is 204 g/mol. The fourth-order valence-electron chi connectivity index (χ4n) is 1.25. The molecule has 0 aromatic carbocycles. The molecule has 84 valence electrons. The van der Waals surface area contributed by atoms with Gasteiger partial charge >= 0.3 is 0 Å². The summed E-state index contributed by atoms with van der Waals surface area (Å²) in [6.45, 7) is 4.02. The van der Waals surface area contributed by atoms with Crippen LogP contribution in [0.3, 0.4) is 0 Å². The van der Waals surface area contributed by atoms with Gasteiger partial charge in [-0.3, -0.25) is 4.98 Å². The Balaban J connectivity index is 2.27. The van der Waals surface area contributed by atoms with Crippen LogP contribution in [0.5, 0.6) is 0 Å². The van der Waals surface area contributed by atoms with Crippen LogP contribution in [0.1, 0.15) is 25.8 Å². The summed E-state index contributed by atoms with van der Waals surface area (Å²) in [5.41, 5.74) is 6.58. The molecule has 0 amide bonds. The fourth-order valence-corrected chi connectivity index (χ4v) is 1.25. The van der Waals surface area contributed by atoms with E-state index in [0.29, 0.717) is 17.5 Å². The molecule has 0 spiro atoms. The zero-order chi connectivity index (χ0) is 11.5. The average Bonchev–Trinajstić information content (AvgIpc) is 2.78. The predicted molar refractivity (Wildman–Crippen MR) is 59.3 cm³/mol. The van der Waals surface area contributed by atoms with Gasteiger partial charge in [-0.25, -0.2) is 0 Å². The standard InChI is InChI=1S/C11H14N4O/c1-7(2)9(12)11-15-14-10(16-11)8-5-3-4-6-13-8/h3-7,9H,12H2,1-2H3. The Morgan fingerprint density at radius 1 is 1.25 bits per heavy atom. The molecule has 1 unspecified atom stereocenters. The molecule has 1 atom stereocenters. The van der Waals surface area contributed by atoms with E-state index in [1.165, 1.54) is 0 Å². The summed E-state index contributed by atoms with van der Waals surface area (Å²) in [5.74, 6) is 1.12. The van der Waals surface area contributed by atoms with Crippen LogP contribution in [0.4, 0.5) is 0 Å². The Kier molecular flexibility index (Phi) is 2.96. The second-order valence-electron chi connectivity index (χ2n) is 3.93. The van der Waals surface area contributed by atoms with Gasteiger partial charge in [-0.05, 0) is 18.1 Å². The van der Waals surface area contributed by atoms with Crippen molar-refractivity contribution in [1.29, 1.82) is 0 Å². The molecule has 2 aromatic rings. The molecule has 0 bridgehead atoms. The van der Waals surface area contributed by atoms with Gasteiger partial charge < -0.3 is 10.2 Å². The third-order valence-electron chi connectivity index (χ3n) is 2.33. The van der Waals surface area contributed by atoms with E-state index in [1.807, 2.05) is 32.0 Å². The number of nitrogens with zero attached hydrogens (tertiary/aromatic N) is 3. The zero-order valence-electron chi connectivity index (χ0n) is 9.29. The van der Waals surface area contributed by atoms with Gasteiger partial charge in [0.1, 0.15) is 5.69 Å². The number of hydrogen-bond acceptors (Lipinski definition) is 5. The van der Waals surface area contributed by atoms with Crippen molar-refractivity contribution in [1.82, 2.24) is 15.2 Å². The maximum absolute atomic E-state index is 5.91. The minimum atomic E-state index is -0.232. The van der Waals surface area contributed by atoms with E-state index in [1.54, 1.807) is 6.20 Å². The number of nitrogens with two attached hydrogens (primary N) is 1. The summed E-state index contributed by atoms with van der Waals surface area (Å²) in [4.78, 5) is 4.13. The minimum absolute atomic E-state index is 0.232. The van der Waals surface area contributed by atoms with Crippen LogP contribution in [0.25, 0.3) is 11.6 Å². The van der Waals surface area contributed by atoms with Gasteiger partial charge in [0, 0.05) is 6.20 Å². The van der Waals surface area contributed by atoms with Crippen LogP contribution < -0.4 is 5.73 Å². The van der Waals surface area contributed by atoms with Gasteiger partial charge in [0.25, 0.3) is 5.89 Å². The SMILES string of the molecule is CC(C)C(N)c1nnc(-c2ccccn2)o1. The fraction of sp³-hybridized carbons (Fsp3) is 0.364. The van der Waals surface area contributed by atoms with Crippen molar-refractivity contribution in [3.8, 4) is 11.6 Å². The second kappa shape index (κ2) is 4.40. The molecule has 0 saturated carbocycles. The lowest BCUT2D eigenvalue weighted by molar-refractivity contribution is 0.393. The number of hydrogen-bond donors (Lipinski definition) is 1. The largest absolute Gasteiger partial charge is 0.418 e. The number of pyridine rings is 1. The Hall–Kier alpha value is -1.75. The molecule has 16 heavy (non-hydrogen) atoms. The highest BCUT2D eigenvalue weighted by Gasteiger charge is 2.18. The zero-order valence-corrected chi connectivity index (χ0v) is 9.29. The van der Waals surface area contributed by atoms with Crippen molar-refractivity contribution in [3.05, 3.63) is 30.3 Å². The molecule has 2 N–H and O–H groups in total. The first kappa shape index (κ1) is 10.8. The quantitative estimate of drug-likeness (QED) is 0.849. The van der Waals surface area contributed by atoms with Gasteiger partial charge in [0.05, 0.1) is 6.04 Å². The second-order valence-corrected chi connectivity index (χ2v) is 3.93. The van der Waals surface area contributed by atoms with Gasteiger partial charge in [-0.2, -0.15) is 0 Å². The molecule has 2 rings (SSSR count). The summed E-state index contributed by atoms with van der Waals surface area (Å²) in [5, 5.41) is 7.86. The highest BCUT2D eigenvalue weighted by Crippen LogP contribution is 2.21. The summed E-state index contributed by atoms with van der Waals surface area (Å²) in [6.07, 6.45) is 1.68. The number of rotatable bonds is 3. The first-order valence-electron chi connectivity index (χ1n) is 5.19. The Bertz CT molecular complexity index is 452. The topological polar surface area (TPSA) is 77.8 Å². The van der Waals surface area contributed by atoms with Crippen molar-refractivity contribution in [2.75, 3.05) is 0 Å². The summed E-state index contributed by atoms with van der Waals surface area (Å²) >= 11 is 0. The van der Waals surface area contributed by atoms with Crippen molar-refractivity contribution >= 4 is 0 Å². The van der Waals surface area contributed by atoms with Crippen molar-refractivity contribution in [2.45, 2.75) is 19.9 Å². The van der Waals surface area contributed by atoms with E-state index < -0.39 is 0 Å². The molecule has 0 aliphatic heterocycles. The van der Waals surface area contributed by atoms with Crippen LogP contribution in [0, 0.1) is 5.92 Å². The van der Waals surface area contributed by atoms with E-state index in [-0.39, 0.29) is 12.0 Å². The molecule has 0 fully saturated rings. The molecule has 0 aliphatic carbocycles. The van der Waals surface area contributed by atoms with Crippen molar-refractivity contribution in [2.24, 2.45) is 11.7 Å². The lowest BCUT2D eigenvalue weighted by Crippen LogP contribution is -2.16. The molecule has 5 nitrogen and oxygen atoms in total. The maximum atomic E-state index is 5.91. The van der Waals surface area contributed by atoms with Crippen LogP contribution in [-0.4, -0.2) is 15.2 Å². The third-order valence-corrected chi connectivity index (χ3v) is 2.33. The first-order chi connectivity index (χ1) is 7.68. The van der Waals surface area contributed by atoms with Gasteiger partial charge in [-0.1, -0.05) is 19.9 Å². The summed E-state index contributed by atoms with van der Waals surface area (Å²) < 4.78 is 5.48. The maximum Gasteiger partial charge on any atom is 0.266 e. The lowest BCUT2D eigenvalue weighted by Gasteiger charge is -2.09. The first-order valence-corrected chi connectivity index (χ1v) is 5.19. The van der Waals surface area contributed by atoms with Gasteiger partial charge in [-0.15, -0.1) is 10.2 Å². The molecule has 0 radical (unpaired) electrons. The lowest BCUT2D eigenvalue weighted by atomic mass is 10.1. The molecule has 0 aliphatic rings. The Labute approximate surface area is 93.7 Å². The predicted octanol–water partition coefficient (Wildman–Crippen LogP) is 1.79. The van der Waals surface area contributed by atoms with Gasteiger partial charge in [0.15, 0.2) is 0 Å². The molecule has 5 heteroatoms. The molecule has 2 heterocycles. The van der Waals surface area contributed by atoms with E-state index in [0.717, 1.165) is 0 Å². The van der Waals surface area contributed by atoms with Gasteiger partial charge in [0.2, 0.25) is 5.89 Å². The van der Waals surface area contributed by atoms with Crippen molar-refractivity contribution < 1.29 is 4.42 Å². The monoisotopic (exact) mass is 218 g/mol. The normalized spacial score (nSPS) is 13.0. The van der Waals surface area contributed by atoms with E-state index in [4.69, 9.17) is 10.2 Å². The minimum Gasteiger partial charge on any atom is -0.418 e. The Morgan fingerprint density at radius 3 is 2.69 bits per heavy atom. The van der Waals surface area contributed by atoms with Crippen LogP contribution in [-0.2, 0) is 0 Å². The summed E-state index contributed by atoms with van der Waals surface area (Å²) in [6, 6.07) is 5.29. The van der Waals surface area contributed by atoms with Crippen molar-refractivity contribution in [3.63, 3.8) is 0 Å². The molecule has 2 aromatic heterocycles. The molecular formula is C11H14N4O. The third kappa shape index (κ3) is 2.09. The smallest absolute Gasteiger partial charge is 0.266 e. The number of aromatic nitrogens is 3. The van der Waals surface area contributed by atoms with Crippen LogP contribution in [0.2, 0.25) is 0 Å². The highest BCUT2D eigenvalue weighted by atomic mass is 16.4. The van der Waals surface area contributed by atoms with E-state index >= 15 is 0 Å². The average molecular weight is 218 g/mol. The molecule has 0 saturated heterocycles.